The number of fused-ring (bicyclic) bond motifs is 1. The lowest BCUT2D eigenvalue weighted by Crippen LogP contribution is -2.86. The third-order valence-corrected chi connectivity index (χ3v) is 11.4. The third-order valence-electron chi connectivity index (χ3n) is 11.4. The molecule has 2 aromatic rings. The third kappa shape index (κ3) is 5.16. The number of para-hydroxylation sites is 1. The summed E-state index contributed by atoms with van der Waals surface area (Å²) >= 11 is 0. The number of likely N-dealkylation sites (tertiary alicyclic amines) is 2. The molecule has 0 saturated carbocycles. The fourth-order valence-corrected chi connectivity index (χ4v) is 9.37. The zero-order valence-electron chi connectivity index (χ0n) is 25.8. The summed E-state index contributed by atoms with van der Waals surface area (Å²) < 4.78 is 0.437. The van der Waals surface area contributed by atoms with Crippen LogP contribution in [0.25, 0.3) is 0 Å². The average Bonchev–Trinajstić information content (AvgIpc) is 3.21. The van der Waals surface area contributed by atoms with Crippen molar-refractivity contribution in [1.29, 1.82) is 0 Å². The zero-order chi connectivity index (χ0) is 30.8. The molecule has 6 rings (SSSR count). The van der Waals surface area contributed by atoms with Crippen molar-refractivity contribution in [2.75, 3.05) is 50.3 Å². The van der Waals surface area contributed by atoms with Gasteiger partial charge in [-0.05, 0) is 49.4 Å². The van der Waals surface area contributed by atoms with Crippen molar-refractivity contribution in [3.8, 4) is 0 Å². The van der Waals surface area contributed by atoms with Gasteiger partial charge in [-0.25, -0.2) is 4.79 Å². The van der Waals surface area contributed by atoms with Crippen LogP contribution in [0.2, 0.25) is 0 Å². The lowest BCUT2D eigenvalue weighted by Gasteiger charge is -2.65. The van der Waals surface area contributed by atoms with E-state index in [1.165, 1.54) is 0 Å². The molecule has 2 aromatic carbocycles. The summed E-state index contributed by atoms with van der Waals surface area (Å²) in [5.74, 6) is 0. The Morgan fingerprint density at radius 1 is 1.02 bits per heavy atom. The van der Waals surface area contributed by atoms with Crippen LogP contribution in [-0.2, 0) is 17.8 Å². The second-order valence-corrected chi connectivity index (χ2v) is 13.4. The Labute approximate surface area is 260 Å². The number of nitrogens with one attached hydrogen (secondary N) is 2. The second kappa shape index (κ2) is 12.5. The number of nitrogens with two attached hydrogens (primary N) is 1. The normalized spacial score (nSPS) is 29.2. The minimum Gasteiger partial charge on any atom is -0.435 e. The van der Waals surface area contributed by atoms with Crippen molar-refractivity contribution in [3.05, 3.63) is 59.7 Å². The van der Waals surface area contributed by atoms with Gasteiger partial charge in [0.2, 0.25) is 5.66 Å². The van der Waals surface area contributed by atoms with Crippen molar-refractivity contribution in [3.63, 3.8) is 0 Å². The predicted octanol–water partition coefficient (Wildman–Crippen LogP) is 4.55. The van der Waals surface area contributed by atoms with Crippen molar-refractivity contribution in [1.82, 2.24) is 10.2 Å². The van der Waals surface area contributed by atoms with E-state index >= 15 is 0 Å². The predicted molar refractivity (Wildman–Crippen MR) is 170 cm³/mol. The molecule has 3 fully saturated rings. The van der Waals surface area contributed by atoms with Gasteiger partial charge >= 0.3 is 12.1 Å². The number of nitrogens with zero attached hydrogens (tertiary/aromatic N) is 3. The molecule has 4 aliphatic heterocycles. The van der Waals surface area contributed by atoms with Gasteiger partial charge in [0, 0.05) is 55.8 Å². The fraction of sp³-hybridized carbons (Fsp3) is 0.559. The van der Waals surface area contributed by atoms with E-state index in [1.807, 2.05) is 47.4 Å². The van der Waals surface area contributed by atoms with Gasteiger partial charge in [0.15, 0.2) is 0 Å². The van der Waals surface area contributed by atoms with Crippen LogP contribution in [-0.4, -0.2) is 94.4 Å². The Hall–Kier alpha value is -3.47. The van der Waals surface area contributed by atoms with Gasteiger partial charge in [0.1, 0.15) is 19.3 Å². The lowest BCUT2D eigenvalue weighted by molar-refractivity contribution is -1.16. The molecule has 4 aliphatic rings. The fourth-order valence-electron chi connectivity index (χ4n) is 9.37. The van der Waals surface area contributed by atoms with E-state index in [0.29, 0.717) is 36.1 Å². The minimum atomic E-state index is -0.931. The van der Waals surface area contributed by atoms with Crippen LogP contribution in [0.1, 0.15) is 62.5 Å². The molecule has 5 N–H and O–H groups in total. The number of carbonyl (C=O) groups excluding carboxylic acids is 2. The highest BCUT2D eigenvalue weighted by atomic mass is 16.4. The van der Waals surface area contributed by atoms with Gasteiger partial charge in [-0.3, -0.25) is 4.48 Å². The average molecular weight is 605 g/mol. The number of piperidine rings is 3. The summed E-state index contributed by atoms with van der Waals surface area (Å²) in [6.07, 6.45) is 7.03. The highest BCUT2D eigenvalue weighted by Crippen LogP contribution is 2.52. The first-order valence-electron chi connectivity index (χ1n) is 16.5. The molecule has 10 nitrogen and oxygen atoms in total. The molecule has 44 heavy (non-hydrogen) atoms. The van der Waals surface area contributed by atoms with Gasteiger partial charge in [0.05, 0.1) is 38.1 Å². The number of quaternary nitrogens is 2. The molecule has 0 spiro atoms. The maximum absolute atomic E-state index is 14.0. The highest BCUT2D eigenvalue weighted by molar-refractivity contribution is 5.91. The monoisotopic (exact) mass is 604 g/mol. The SMILES string of the molecule is Nc1ccc(C[N@+]2(C(=O)O)CCC(N3CCc4ccccc4NC3=O)CC2(CC=O)[N+]2(C3CCNCC3)CCCCC2)cc1. The van der Waals surface area contributed by atoms with Crippen LogP contribution in [0.15, 0.2) is 48.5 Å². The van der Waals surface area contributed by atoms with Gasteiger partial charge in [-0.1, -0.05) is 30.3 Å². The van der Waals surface area contributed by atoms with E-state index < -0.39 is 11.8 Å². The number of benzene rings is 2. The summed E-state index contributed by atoms with van der Waals surface area (Å²) in [6, 6.07) is 15.4. The van der Waals surface area contributed by atoms with Crippen LogP contribution in [0.4, 0.5) is 21.0 Å². The van der Waals surface area contributed by atoms with Crippen LogP contribution in [0.5, 0.6) is 0 Å². The molecule has 3 amide bonds. The van der Waals surface area contributed by atoms with Crippen molar-refractivity contribution < 1.29 is 28.5 Å². The molecular weight excluding hydrogens is 556 g/mol. The van der Waals surface area contributed by atoms with Gasteiger partial charge < -0.3 is 31.2 Å². The summed E-state index contributed by atoms with van der Waals surface area (Å²) in [4.78, 5) is 42.7. The maximum atomic E-state index is 14.0. The van der Waals surface area contributed by atoms with Crippen molar-refractivity contribution in [2.45, 2.75) is 82.1 Å². The number of nitrogen functional groups attached to an aromatic ring is 1. The van der Waals surface area contributed by atoms with Crippen molar-refractivity contribution in [2.24, 2.45) is 0 Å². The largest absolute Gasteiger partial charge is 0.518 e. The maximum Gasteiger partial charge on any atom is 0.518 e. The number of carboxylic acid groups (broad SMARTS) is 1. The number of aldehydes is 1. The van der Waals surface area contributed by atoms with E-state index in [1.54, 1.807) is 0 Å². The minimum absolute atomic E-state index is 0.138. The van der Waals surface area contributed by atoms with Crippen LogP contribution in [0.3, 0.4) is 0 Å². The number of rotatable bonds is 7. The van der Waals surface area contributed by atoms with Gasteiger partial charge in [0.25, 0.3) is 0 Å². The molecule has 0 aliphatic carbocycles. The topological polar surface area (TPSA) is 125 Å². The molecule has 3 saturated heterocycles. The summed E-state index contributed by atoms with van der Waals surface area (Å²) in [6.45, 7) is 4.68. The van der Waals surface area contributed by atoms with Crippen molar-refractivity contribution >= 4 is 29.8 Å². The second-order valence-electron chi connectivity index (χ2n) is 13.4. The molecule has 0 aromatic heterocycles. The first kappa shape index (κ1) is 30.6. The number of hydrogen-bond acceptors (Lipinski definition) is 5. The van der Waals surface area contributed by atoms with E-state index in [0.717, 1.165) is 87.8 Å². The number of amides is 3. The van der Waals surface area contributed by atoms with E-state index in [4.69, 9.17) is 5.73 Å². The summed E-state index contributed by atoms with van der Waals surface area (Å²) in [7, 11) is 0. The van der Waals surface area contributed by atoms with Crippen LogP contribution >= 0.6 is 0 Å². The number of carbonyl (C=O) groups is 3. The Balaban J connectivity index is 1.49. The lowest BCUT2D eigenvalue weighted by atomic mass is 9.77. The van der Waals surface area contributed by atoms with E-state index in [-0.39, 0.29) is 35.6 Å². The summed E-state index contributed by atoms with van der Waals surface area (Å²) in [5.41, 5.74) is 8.57. The Kier molecular flexibility index (Phi) is 8.68. The van der Waals surface area contributed by atoms with Gasteiger partial charge in [-0.15, -0.1) is 0 Å². The number of anilines is 2. The number of urea groups is 1. The van der Waals surface area contributed by atoms with E-state index in [2.05, 4.69) is 16.7 Å². The highest BCUT2D eigenvalue weighted by Gasteiger charge is 2.72. The molecule has 4 heterocycles. The molecule has 0 radical (unpaired) electrons. The van der Waals surface area contributed by atoms with Crippen LogP contribution in [0, 0.1) is 0 Å². The molecule has 3 atom stereocenters. The quantitative estimate of drug-likeness (QED) is 0.209. The molecule has 2 unspecified atom stereocenters. The molecule has 10 heteroatoms. The summed E-state index contributed by atoms with van der Waals surface area (Å²) in [5, 5.41) is 18.1. The Bertz CT molecular complexity index is 1360. The standard InChI is InChI=1S/C34H46N6O4/c35-28-10-8-26(9-11-28)25-40(33(43)44)22-15-29(38-19-14-27-6-2-3-7-31(27)37-32(38)42)24-34(40,16-23-41)39(20-4-1-5-21-39)30-12-17-36-18-13-30/h2-3,6-11,23,29-30,36H,1,4-5,12-22,24-25,35H2/p+2/t29?,34?,40-/m0/s1. The van der Waals surface area contributed by atoms with E-state index in [9.17, 15) is 19.5 Å². The zero-order valence-corrected chi connectivity index (χ0v) is 25.8. The first-order chi connectivity index (χ1) is 21.3. The molecular formula is C34H48N6O4+2. The smallest absolute Gasteiger partial charge is 0.435 e. The van der Waals surface area contributed by atoms with Gasteiger partial charge in [-0.2, -0.15) is 9.28 Å². The molecule has 0 bridgehead atoms. The number of hydrogen-bond donors (Lipinski definition) is 4. The Morgan fingerprint density at radius 2 is 1.75 bits per heavy atom. The van der Waals surface area contributed by atoms with Crippen LogP contribution < -0.4 is 16.4 Å². The Morgan fingerprint density at radius 3 is 2.45 bits per heavy atom. The molecule has 236 valence electrons. The first-order valence-corrected chi connectivity index (χ1v) is 16.5.